The minimum atomic E-state index is -2.58. The third-order valence-corrected chi connectivity index (χ3v) is 2.43. The van der Waals surface area contributed by atoms with E-state index in [4.69, 9.17) is 0 Å². The first-order valence-corrected chi connectivity index (χ1v) is 5.04. The minimum Gasteiger partial charge on any atom is -0.389 e. The Hall–Kier alpha value is -0.650. The van der Waals surface area contributed by atoms with E-state index in [0.717, 1.165) is 0 Å². The fraction of sp³-hybridized carbons (Fsp3) is 0.400. The smallest absolute Gasteiger partial charge is 0.263 e. The molecule has 84 valence electrons. The zero-order chi connectivity index (χ0) is 11.4. The van der Waals surface area contributed by atoms with Gasteiger partial charge >= 0.3 is 0 Å². The number of benzene rings is 1. The second-order valence-corrected chi connectivity index (χ2v) is 3.53. The molecule has 1 aromatic rings. The first kappa shape index (κ1) is 12.4. The molecule has 1 aromatic carbocycles. The number of aliphatic hydroxyl groups is 2. The molecule has 0 saturated carbocycles. The highest BCUT2D eigenvalue weighted by atomic mass is 32.1. The molecule has 0 heterocycles. The van der Waals surface area contributed by atoms with Gasteiger partial charge in [0.2, 0.25) is 0 Å². The average molecular weight is 234 g/mol. The first-order chi connectivity index (χ1) is 7.06. The Morgan fingerprint density at radius 2 is 1.80 bits per heavy atom. The minimum absolute atomic E-state index is 0.0695. The van der Waals surface area contributed by atoms with Crippen LogP contribution in [0.1, 0.15) is 23.7 Å². The predicted molar refractivity (Wildman–Crippen MR) is 56.2 cm³/mol. The average Bonchev–Trinajstić information content (AvgIpc) is 2.27. The summed E-state index contributed by atoms with van der Waals surface area (Å²) in [7, 11) is 0. The van der Waals surface area contributed by atoms with Crippen molar-refractivity contribution in [2.45, 2.75) is 18.6 Å². The number of alkyl halides is 2. The first-order valence-electron chi connectivity index (χ1n) is 4.41. The summed E-state index contributed by atoms with van der Waals surface area (Å²) in [6.45, 7) is 0. The van der Waals surface area contributed by atoms with Crippen LogP contribution in [-0.2, 0) is 0 Å². The number of rotatable bonds is 4. The van der Waals surface area contributed by atoms with Crippen LogP contribution in [0.2, 0.25) is 0 Å². The molecule has 0 aliphatic carbocycles. The van der Waals surface area contributed by atoms with Gasteiger partial charge in [-0.05, 0) is 11.6 Å². The Morgan fingerprint density at radius 3 is 2.33 bits per heavy atom. The lowest BCUT2D eigenvalue weighted by molar-refractivity contribution is 0.0335. The second kappa shape index (κ2) is 5.44. The summed E-state index contributed by atoms with van der Waals surface area (Å²) >= 11 is 3.81. The van der Waals surface area contributed by atoms with Gasteiger partial charge in [-0.1, -0.05) is 18.2 Å². The van der Waals surface area contributed by atoms with Crippen LogP contribution >= 0.6 is 12.6 Å². The standard InChI is InChI=1S/C10H12F2O2S/c11-10(12)7-3-1-2-6(4-7)9(14)8(13)5-15/h1-4,8-10,13-15H,5H2. The molecule has 2 unspecified atom stereocenters. The van der Waals surface area contributed by atoms with Gasteiger partial charge in [0.25, 0.3) is 6.43 Å². The van der Waals surface area contributed by atoms with Crippen LogP contribution in [0.4, 0.5) is 8.78 Å². The highest BCUT2D eigenvalue weighted by Gasteiger charge is 2.18. The van der Waals surface area contributed by atoms with Gasteiger partial charge in [0, 0.05) is 11.3 Å². The topological polar surface area (TPSA) is 40.5 Å². The highest BCUT2D eigenvalue weighted by molar-refractivity contribution is 7.80. The van der Waals surface area contributed by atoms with E-state index in [2.05, 4.69) is 12.6 Å². The van der Waals surface area contributed by atoms with Crippen molar-refractivity contribution in [1.82, 2.24) is 0 Å². The maximum atomic E-state index is 12.3. The highest BCUT2D eigenvalue weighted by Crippen LogP contribution is 2.24. The molecule has 2 atom stereocenters. The fourth-order valence-electron chi connectivity index (χ4n) is 1.20. The summed E-state index contributed by atoms with van der Waals surface area (Å²) < 4.78 is 24.7. The zero-order valence-electron chi connectivity index (χ0n) is 7.85. The molecule has 0 saturated heterocycles. The molecule has 2 nitrogen and oxygen atoms in total. The van der Waals surface area contributed by atoms with E-state index in [-0.39, 0.29) is 16.9 Å². The maximum Gasteiger partial charge on any atom is 0.263 e. The Bertz CT molecular complexity index is 320. The lowest BCUT2D eigenvalue weighted by Crippen LogP contribution is -2.19. The molecule has 2 N–H and O–H groups in total. The van der Waals surface area contributed by atoms with Crippen LogP contribution in [-0.4, -0.2) is 22.1 Å². The number of thiol groups is 1. The van der Waals surface area contributed by atoms with Crippen LogP contribution in [0.15, 0.2) is 24.3 Å². The van der Waals surface area contributed by atoms with Gasteiger partial charge in [0.05, 0.1) is 6.10 Å². The van der Waals surface area contributed by atoms with Crippen LogP contribution in [0.3, 0.4) is 0 Å². The summed E-state index contributed by atoms with van der Waals surface area (Å²) in [6.07, 6.45) is -4.81. The molecular formula is C10H12F2O2S. The van der Waals surface area contributed by atoms with Crippen molar-refractivity contribution in [3.63, 3.8) is 0 Å². The summed E-state index contributed by atoms with van der Waals surface area (Å²) in [5.41, 5.74) is 0.104. The monoisotopic (exact) mass is 234 g/mol. The van der Waals surface area contributed by atoms with Gasteiger partial charge in [-0.2, -0.15) is 12.6 Å². The Morgan fingerprint density at radius 1 is 1.20 bits per heavy atom. The van der Waals surface area contributed by atoms with E-state index in [0.29, 0.717) is 0 Å². The van der Waals surface area contributed by atoms with Crippen LogP contribution in [0, 0.1) is 0 Å². The fourth-order valence-corrected chi connectivity index (χ4v) is 1.40. The van der Waals surface area contributed by atoms with Crippen LogP contribution in [0.25, 0.3) is 0 Å². The molecular weight excluding hydrogens is 222 g/mol. The third kappa shape index (κ3) is 3.15. The predicted octanol–water partition coefficient (Wildman–Crippen LogP) is 1.95. The van der Waals surface area contributed by atoms with Crippen molar-refractivity contribution in [3.8, 4) is 0 Å². The molecule has 0 aliphatic rings. The van der Waals surface area contributed by atoms with E-state index in [9.17, 15) is 19.0 Å². The molecule has 1 rings (SSSR count). The van der Waals surface area contributed by atoms with Gasteiger partial charge in [0.15, 0.2) is 0 Å². The summed E-state index contributed by atoms with van der Waals surface area (Å²) in [5, 5.41) is 18.8. The van der Waals surface area contributed by atoms with Gasteiger partial charge in [-0.15, -0.1) is 0 Å². The number of hydrogen-bond acceptors (Lipinski definition) is 3. The Kier molecular flexibility index (Phi) is 4.50. The number of aliphatic hydroxyl groups excluding tert-OH is 2. The maximum absolute atomic E-state index is 12.3. The summed E-state index contributed by atoms with van der Waals surface area (Å²) in [4.78, 5) is 0. The van der Waals surface area contributed by atoms with Gasteiger partial charge in [0.1, 0.15) is 6.10 Å². The lowest BCUT2D eigenvalue weighted by Gasteiger charge is -2.16. The largest absolute Gasteiger partial charge is 0.389 e. The van der Waals surface area contributed by atoms with E-state index in [1.165, 1.54) is 24.3 Å². The molecule has 0 spiro atoms. The van der Waals surface area contributed by atoms with Gasteiger partial charge in [-0.25, -0.2) is 8.78 Å². The third-order valence-electron chi connectivity index (χ3n) is 2.06. The number of halogens is 2. The normalized spacial score (nSPS) is 15.3. The molecule has 0 fully saturated rings. The summed E-state index contributed by atoms with van der Waals surface area (Å²) in [6, 6.07) is 5.37. The molecule has 0 radical (unpaired) electrons. The van der Waals surface area contributed by atoms with Crippen LogP contribution in [0.5, 0.6) is 0 Å². The molecule has 0 amide bonds. The quantitative estimate of drug-likeness (QED) is 0.697. The van der Waals surface area contributed by atoms with Crippen LogP contribution < -0.4 is 0 Å². The van der Waals surface area contributed by atoms with Crippen molar-refractivity contribution in [2.24, 2.45) is 0 Å². The molecule has 0 aliphatic heterocycles. The number of hydrogen-bond donors (Lipinski definition) is 3. The Labute approximate surface area is 92.0 Å². The van der Waals surface area contributed by atoms with Crippen molar-refractivity contribution < 1.29 is 19.0 Å². The molecule has 0 aromatic heterocycles. The van der Waals surface area contributed by atoms with Gasteiger partial charge < -0.3 is 10.2 Å². The molecule has 15 heavy (non-hydrogen) atoms. The van der Waals surface area contributed by atoms with E-state index in [1.807, 2.05) is 0 Å². The zero-order valence-corrected chi connectivity index (χ0v) is 8.74. The Balaban J connectivity index is 2.90. The van der Waals surface area contributed by atoms with Crippen molar-refractivity contribution in [2.75, 3.05) is 5.75 Å². The van der Waals surface area contributed by atoms with Crippen molar-refractivity contribution in [3.05, 3.63) is 35.4 Å². The summed E-state index contributed by atoms with van der Waals surface area (Å²) in [5.74, 6) is 0.0695. The SMILES string of the molecule is OC(CS)C(O)c1cccc(C(F)F)c1. The molecule has 0 bridgehead atoms. The van der Waals surface area contributed by atoms with Crippen molar-refractivity contribution in [1.29, 1.82) is 0 Å². The van der Waals surface area contributed by atoms with E-state index < -0.39 is 18.6 Å². The molecule has 5 heteroatoms. The second-order valence-electron chi connectivity index (χ2n) is 3.17. The lowest BCUT2D eigenvalue weighted by atomic mass is 10.0. The van der Waals surface area contributed by atoms with Gasteiger partial charge in [-0.3, -0.25) is 0 Å². The van der Waals surface area contributed by atoms with E-state index in [1.54, 1.807) is 0 Å². The van der Waals surface area contributed by atoms with E-state index >= 15 is 0 Å². The van der Waals surface area contributed by atoms with Crippen molar-refractivity contribution >= 4 is 12.6 Å².